The van der Waals surface area contributed by atoms with E-state index in [9.17, 15) is 9.32 Å². The number of fused-ring (bicyclic) bond motifs is 1. The molecule has 0 bridgehead atoms. The van der Waals surface area contributed by atoms with Crippen molar-refractivity contribution in [3.05, 3.63) is 48.8 Å². The Morgan fingerprint density at radius 1 is 1.18 bits per heavy atom. The molecule has 0 spiro atoms. The standard InChI is InChI=1S/C15H14N4O2S/c1-22(16,21)12-5-6-14-13(8-12)15(18-9-17-14)19-10-3-2-4-11(20)7-10/h2-9,16,20H,1H3,(H,17,18,19). The van der Waals surface area contributed by atoms with Crippen LogP contribution in [0.2, 0.25) is 0 Å². The van der Waals surface area contributed by atoms with Crippen LogP contribution in [-0.2, 0) is 9.73 Å². The number of aromatic hydroxyl groups is 1. The van der Waals surface area contributed by atoms with Gasteiger partial charge in [0.1, 0.15) is 17.9 Å². The van der Waals surface area contributed by atoms with Crippen LogP contribution in [0.25, 0.3) is 10.9 Å². The number of phenols is 1. The number of aromatic nitrogens is 2. The van der Waals surface area contributed by atoms with E-state index in [1.54, 1.807) is 42.5 Å². The van der Waals surface area contributed by atoms with Gasteiger partial charge < -0.3 is 10.4 Å². The Hall–Kier alpha value is -2.67. The molecule has 3 N–H and O–H groups in total. The molecule has 22 heavy (non-hydrogen) atoms. The lowest BCUT2D eigenvalue weighted by Gasteiger charge is -2.10. The van der Waals surface area contributed by atoms with Crippen molar-refractivity contribution in [3.8, 4) is 5.75 Å². The van der Waals surface area contributed by atoms with Crippen molar-refractivity contribution in [2.24, 2.45) is 0 Å². The zero-order chi connectivity index (χ0) is 15.7. The van der Waals surface area contributed by atoms with E-state index in [1.807, 2.05) is 0 Å². The third-order valence-corrected chi connectivity index (χ3v) is 4.32. The maximum atomic E-state index is 11.9. The van der Waals surface area contributed by atoms with Gasteiger partial charge in [-0.1, -0.05) is 6.07 Å². The minimum absolute atomic E-state index is 0.145. The van der Waals surface area contributed by atoms with Crippen LogP contribution in [0, 0.1) is 4.78 Å². The van der Waals surface area contributed by atoms with Gasteiger partial charge in [-0.2, -0.15) is 0 Å². The molecule has 0 aliphatic rings. The third kappa shape index (κ3) is 2.84. The number of benzene rings is 2. The van der Waals surface area contributed by atoms with Gasteiger partial charge in [0.15, 0.2) is 0 Å². The molecule has 3 aromatic rings. The zero-order valence-electron chi connectivity index (χ0n) is 11.8. The van der Waals surface area contributed by atoms with E-state index < -0.39 is 9.73 Å². The molecule has 0 radical (unpaired) electrons. The molecule has 1 aromatic heterocycles. The highest BCUT2D eigenvalue weighted by molar-refractivity contribution is 7.91. The zero-order valence-corrected chi connectivity index (χ0v) is 12.6. The predicted molar refractivity (Wildman–Crippen MR) is 86.0 cm³/mol. The number of nitrogens with one attached hydrogen (secondary N) is 2. The normalized spacial score (nSPS) is 13.7. The quantitative estimate of drug-likeness (QED) is 0.690. The average molecular weight is 314 g/mol. The second-order valence-corrected chi connectivity index (χ2v) is 7.08. The molecule has 1 heterocycles. The Morgan fingerprint density at radius 3 is 2.73 bits per heavy atom. The van der Waals surface area contributed by atoms with Crippen molar-refractivity contribution in [2.45, 2.75) is 4.90 Å². The van der Waals surface area contributed by atoms with Gasteiger partial charge in [-0.05, 0) is 30.3 Å². The fourth-order valence-corrected chi connectivity index (χ4v) is 2.77. The molecule has 7 heteroatoms. The fourth-order valence-electron chi connectivity index (χ4n) is 2.10. The maximum Gasteiger partial charge on any atom is 0.141 e. The Morgan fingerprint density at radius 2 is 2.00 bits per heavy atom. The molecule has 0 saturated heterocycles. The summed E-state index contributed by atoms with van der Waals surface area (Å²) in [7, 11) is -2.81. The van der Waals surface area contributed by atoms with E-state index in [2.05, 4.69) is 15.3 Å². The van der Waals surface area contributed by atoms with Crippen LogP contribution in [0.15, 0.2) is 53.7 Å². The molecular formula is C15H14N4O2S. The number of anilines is 2. The highest BCUT2D eigenvalue weighted by Gasteiger charge is 2.09. The Kier molecular flexibility index (Phi) is 3.42. The fraction of sp³-hybridized carbons (Fsp3) is 0.0667. The largest absolute Gasteiger partial charge is 0.508 e. The molecule has 1 unspecified atom stereocenters. The minimum atomic E-state index is -2.81. The highest BCUT2D eigenvalue weighted by Crippen LogP contribution is 2.26. The van der Waals surface area contributed by atoms with Gasteiger partial charge in [0, 0.05) is 28.3 Å². The summed E-state index contributed by atoms with van der Waals surface area (Å²) >= 11 is 0. The van der Waals surface area contributed by atoms with Crippen molar-refractivity contribution >= 4 is 32.1 Å². The van der Waals surface area contributed by atoms with Gasteiger partial charge in [-0.15, -0.1) is 0 Å². The topological polar surface area (TPSA) is 99.0 Å². The number of hydrogen-bond donors (Lipinski definition) is 3. The second kappa shape index (κ2) is 5.27. The van der Waals surface area contributed by atoms with E-state index in [1.165, 1.54) is 12.6 Å². The monoisotopic (exact) mass is 314 g/mol. The van der Waals surface area contributed by atoms with Crippen LogP contribution in [0.4, 0.5) is 11.5 Å². The molecule has 0 amide bonds. The third-order valence-electron chi connectivity index (χ3n) is 3.17. The molecule has 0 aliphatic carbocycles. The molecule has 0 aliphatic heterocycles. The lowest BCUT2D eigenvalue weighted by Crippen LogP contribution is -1.99. The highest BCUT2D eigenvalue weighted by atomic mass is 32.2. The van der Waals surface area contributed by atoms with Gasteiger partial charge in [-0.3, -0.25) is 0 Å². The summed E-state index contributed by atoms with van der Waals surface area (Å²) < 4.78 is 19.6. The summed E-state index contributed by atoms with van der Waals surface area (Å²) in [4.78, 5) is 8.79. The summed E-state index contributed by atoms with van der Waals surface area (Å²) in [5.74, 6) is 0.674. The number of hydrogen-bond acceptors (Lipinski definition) is 6. The maximum absolute atomic E-state index is 11.9. The molecule has 2 aromatic carbocycles. The molecule has 1 atom stereocenters. The smallest absolute Gasteiger partial charge is 0.141 e. The van der Waals surface area contributed by atoms with Gasteiger partial charge in [0.25, 0.3) is 0 Å². The lowest BCUT2D eigenvalue weighted by atomic mass is 10.2. The number of rotatable bonds is 3. The molecule has 0 saturated carbocycles. The minimum Gasteiger partial charge on any atom is -0.508 e. The Balaban J connectivity index is 2.13. The van der Waals surface area contributed by atoms with Crippen LogP contribution >= 0.6 is 0 Å². The van der Waals surface area contributed by atoms with Crippen molar-refractivity contribution in [1.82, 2.24) is 9.97 Å². The van der Waals surface area contributed by atoms with Gasteiger partial charge >= 0.3 is 0 Å². The van der Waals surface area contributed by atoms with E-state index >= 15 is 0 Å². The first kappa shape index (κ1) is 14.3. The Bertz CT molecular complexity index is 955. The molecule has 6 nitrogen and oxygen atoms in total. The Labute approximate surface area is 127 Å². The van der Waals surface area contributed by atoms with Gasteiger partial charge in [0.05, 0.1) is 15.2 Å². The van der Waals surface area contributed by atoms with Crippen molar-refractivity contribution in [2.75, 3.05) is 11.6 Å². The van der Waals surface area contributed by atoms with Crippen LogP contribution in [0.5, 0.6) is 5.75 Å². The summed E-state index contributed by atoms with van der Waals surface area (Å²) in [5.41, 5.74) is 1.36. The molecular weight excluding hydrogens is 300 g/mol. The van der Waals surface area contributed by atoms with Gasteiger partial charge in [0.2, 0.25) is 0 Å². The van der Waals surface area contributed by atoms with Crippen LogP contribution < -0.4 is 5.32 Å². The van der Waals surface area contributed by atoms with E-state index in [0.717, 1.165) is 0 Å². The SMILES string of the molecule is CS(=N)(=O)c1ccc2ncnc(Nc3cccc(O)c3)c2c1. The van der Waals surface area contributed by atoms with E-state index in [0.29, 0.717) is 27.3 Å². The first-order chi connectivity index (χ1) is 10.4. The lowest BCUT2D eigenvalue weighted by molar-refractivity contribution is 0.475. The summed E-state index contributed by atoms with van der Waals surface area (Å²) in [5, 5.41) is 13.3. The van der Waals surface area contributed by atoms with E-state index in [4.69, 9.17) is 4.78 Å². The summed E-state index contributed by atoms with van der Waals surface area (Å²) in [6, 6.07) is 11.7. The van der Waals surface area contributed by atoms with Crippen LogP contribution in [0.1, 0.15) is 0 Å². The number of nitrogens with zero attached hydrogens (tertiary/aromatic N) is 2. The van der Waals surface area contributed by atoms with Gasteiger partial charge in [-0.25, -0.2) is 19.0 Å². The first-order valence-corrected chi connectivity index (χ1v) is 8.45. The average Bonchev–Trinajstić information content (AvgIpc) is 2.46. The predicted octanol–water partition coefficient (Wildman–Crippen LogP) is 3.11. The van der Waals surface area contributed by atoms with Crippen molar-refractivity contribution in [1.29, 1.82) is 4.78 Å². The van der Waals surface area contributed by atoms with Crippen LogP contribution in [-0.4, -0.2) is 25.5 Å². The first-order valence-electron chi connectivity index (χ1n) is 6.48. The van der Waals surface area contributed by atoms with E-state index in [-0.39, 0.29) is 5.75 Å². The summed E-state index contributed by atoms with van der Waals surface area (Å²) in [6.45, 7) is 0. The van der Waals surface area contributed by atoms with Crippen molar-refractivity contribution in [3.63, 3.8) is 0 Å². The molecule has 112 valence electrons. The molecule has 0 fully saturated rings. The van der Waals surface area contributed by atoms with Crippen LogP contribution in [0.3, 0.4) is 0 Å². The second-order valence-electron chi connectivity index (χ2n) is 4.92. The van der Waals surface area contributed by atoms with Crippen molar-refractivity contribution < 1.29 is 9.32 Å². The summed E-state index contributed by atoms with van der Waals surface area (Å²) in [6.07, 6.45) is 2.80. The molecule has 3 rings (SSSR count). The number of phenolic OH excluding ortho intramolecular Hbond substituents is 1.